The van der Waals surface area contributed by atoms with E-state index in [1.165, 1.54) is 12.3 Å². The zero-order chi connectivity index (χ0) is 11.3. The molecule has 15 heavy (non-hydrogen) atoms. The lowest BCUT2D eigenvalue weighted by atomic mass is 10.2. The van der Waals surface area contributed by atoms with Gasteiger partial charge in [0.25, 0.3) is 0 Å². The van der Waals surface area contributed by atoms with Crippen molar-refractivity contribution >= 4 is 0 Å². The summed E-state index contributed by atoms with van der Waals surface area (Å²) in [6, 6.07) is 3.43. The number of ether oxygens (including phenoxy) is 1. The van der Waals surface area contributed by atoms with Gasteiger partial charge in [0.2, 0.25) is 0 Å². The van der Waals surface area contributed by atoms with Crippen molar-refractivity contribution < 1.29 is 9.13 Å². The van der Waals surface area contributed by atoms with Gasteiger partial charge in [-0.15, -0.1) is 0 Å². The molecule has 3 nitrogen and oxygen atoms in total. The number of pyridine rings is 1. The zero-order valence-corrected chi connectivity index (χ0v) is 9.33. The van der Waals surface area contributed by atoms with Gasteiger partial charge in [-0.3, -0.25) is 4.98 Å². The number of hydrogen-bond donors (Lipinski definition) is 1. The molecule has 0 fully saturated rings. The van der Waals surface area contributed by atoms with Gasteiger partial charge in [0.1, 0.15) is 5.82 Å². The van der Waals surface area contributed by atoms with Gasteiger partial charge < -0.3 is 10.1 Å². The van der Waals surface area contributed by atoms with E-state index in [1.54, 1.807) is 13.2 Å². The van der Waals surface area contributed by atoms with Crippen LogP contribution in [0.15, 0.2) is 18.3 Å². The molecule has 0 aliphatic rings. The highest BCUT2D eigenvalue weighted by molar-refractivity contribution is 5.10. The average Bonchev–Trinajstić information content (AvgIpc) is 2.17. The first-order valence-corrected chi connectivity index (χ1v) is 5.00. The highest BCUT2D eigenvalue weighted by atomic mass is 19.1. The van der Waals surface area contributed by atoms with E-state index in [4.69, 9.17) is 4.74 Å². The fraction of sp³-hybridized carbons (Fsp3) is 0.545. The van der Waals surface area contributed by atoms with Gasteiger partial charge in [0.05, 0.1) is 24.5 Å². The second kappa shape index (κ2) is 5.78. The lowest BCUT2D eigenvalue weighted by Gasteiger charge is -2.19. The maximum Gasteiger partial charge on any atom is 0.141 e. The number of hydrogen-bond acceptors (Lipinski definition) is 3. The largest absolute Gasteiger partial charge is 0.383 e. The summed E-state index contributed by atoms with van der Waals surface area (Å²) >= 11 is 0. The van der Waals surface area contributed by atoms with Gasteiger partial charge in [0, 0.05) is 13.2 Å². The van der Waals surface area contributed by atoms with Crippen LogP contribution in [0, 0.1) is 5.82 Å². The minimum atomic E-state index is -0.320. The number of nitrogens with one attached hydrogen (secondary N) is 1. The molecule has 1 heterocycles. The van der Waals surface area contributed by atoms with Gasteiger partial charge >= 0.3 is 0 Å². The minimum absolute atomic E-state index is 0.00981. The van der Waals surface area contributed by atoms with Gasteiger partial charge in [-0.1, -0.05) is 13.8 Å². The molecule has 0 aliphatic carbocycles. The van der Waals surface area contributed by atoms with E-state index in [9.17, 15) is 4.39 Å². The Morgan fingerprint density at radius 2 is 2.20 bits per heavy atom. The van der Waals surface area contributed by atoms with Crippen LogP contribution >= 0.6 is 0 Å². The number of methoxy groups -OCH3 is 1. The van der Waals surface area contributed by atoms with Crippen LogP contribution in [0.1, 0.15) is 25.6 Å². The second-order valence-corrected chi connectivity index (χ2v) is 3.73. The van der Waals surface area contributed by atoms with E-state index < -0.39 is 0 Å². The minimum Gasteiger partial charge on any atom is -0.383 e. The van der Waals surface area contributed by atoms with Crippen molar-refractivity contribution in [1.29, 1.82) is 0 Å². The van der Waals surface area contributed by atoms with Crippen molar-refractivity contribution in [2.75, 3.05) is 13.7 Å². The number of aromatic nitrogens is 1. The Bertz CT molecular complexity index is 287. The van der Waals surface area contributed by atoms with Crippen molar-refractivity contribution in [1.82, 2.24) is 10.3 Å². The van der Waals surface area contributed by atoms with E-state index in [2.05, 4.69) is 10.3 Å². The maximum atomic E-state index is 12.7. The molecular weight excluding hydrogens is 195 g/mol. The molecule has 0 saturated carbocycles. The topological polar surface area (TPSA) is 34.1 Å². The molecule has 0 radical (unpaired) electrons. The molecule has 0 spiro atoms. The van der Waals surface area contributed by atoms with Gasteiger partial charge in [-0.05, 0) is 12.1 Å². The molecule has 1 aromatic rings. The predicted octanol–water partition coefficient (Wildman–Crippen LogP) is 1.91. The zero-order valence-electron chi connectivity index (χ0n) is 9.33. The summed E-state index contributed by atoms with van der Waals surface area (Å²) in [6.45, 7) is 4.62. The van der Waals surface area contributed by atoms with Crippen molar-refractivity contribution in [2.45, 2.75) is 25.9 Å². The van der Waals surface area contributed by atoms with Crippen LogP contribution in [-0.4, -0.2) is 24.7 Å². The van der Waals surface area contributed by atoms with E-state index in [0.29, 0.717) is 12.6 Å². The van der Waals surface area contributed by atoms with Crippen LogP contribution in [-0.2, 0) is 4.74 Å². The summed E-state index contributed by atoms with van der Waals surface area (Å²) in [7, 11) is 1.64. The van der Waals surface area contributed by atoms with Crippen molar-refractivity contribution in [2.24, 2.45) is 0 Å². The van der Waals surface area contributed by atoms with Crippen LogP contribution in [0.2, 0.25) is 0 Å². The summed E-state index contributed by atoms with van der Waals surface area (Å²) in [5.74, 6) is -0.320. The highest BCUT2D eigenvalue weighted by Crippen LogP contribution is 2.11. The SMILES string of the molecule is COCC(NC(C)C)c1ccc(F)cn1. The van der Waals surface area contributed by atoms with E-state index in [0.717, 1.165) is 5.69 Å². The van der Waals surface area contributed by atoms with E-state index in [1.807, 2.05) is 13.8 Å². The number of rotatable bonds is 5. The normalized spacial score (nSPS) is 13.1. The Labute approximate surface area is 89.7 Å². The fourth-order valence-corrected chi connectivity index (χ4v) is 1.38. The lowest BCUT2D eigenvalue weighted by molar-refractivity contribution is 0.161. The Morgan fingerprint density at radius 3 is 2.67 bits per heavy atom. The van der Waals surface area contributed by atoms with Crippen molar-refractivity contribution in [3.8, 4) is 0 Å². The Balaban J connectivity index is 2.74. The lowest BCUT2D eigenvalue weighted by Crippen LogP contribution is -2.31. The number of nitrogens with zero attached hydrogens (tertiary/aromatic N) is 1. The third-order valence-electron chi connectivity index (χ3n) is 1.98. The Kier molecular flexibility index (Phi) is 4.65. The molecule has 0 aromatic carbocycles. The molecule has 1 aromatic heterocycles. The molecular formula is C11H17FN2O. The van der Waals surface area contributed by atoms with E-state index >= 15 is 0 Å². The van der Waals surface area contributed by atoms with Crippen LogP contribution in [0.25, 0.3) is 0 Å². The summed E-state index contributed by atoms with van der Waals surface area (Å²) in [6.07, 6.45) is 1.22. The van der Waals surface area contributed by atoms with Crippen LogP contribution in [0.4, 0.5) is 4.39 Å². The van der Waals surface area contributed by atoms with Gasteiger partial charge in [0.15, 0.2) is 0 Å². The molecule has 1 atom stereocenters. The highest BCUT2D eigenvalue weighted by Gasteiger charge is 2.13. The molecule has 0 bridgehead atoms. The smallest absolute Gasteiger partial charge is 0.141 e. The monoisotopic (exact) mass is 212 g/mol. The molecule has 4 heteroatoms. The molecule has 84 valence electrons. The molecule has 0 aliphatic heterocycles. The first-order chi connectivity index (χ1) is 7.13. The van der Waals surface area contributed by atoms with Crippen LogP contribution in [0.3, 0.4) is 0 Å². The van der Waals surface area contributed by atoms with Crippen LogP contribution < -0.4 is 5.32 Å². The Morgan fingerprint density at radius 1 is 1.47 bits per heavy atom. The summed E-state index contributed by atoms with van der Waals surface area (Å²) in [5.41, 5.74) is 0.798. The molecule has 1 rings (SSSR count). The third-order valence-corrected chi connectivity index (χ3v) is 1.98. The standard InChI is InChI=1S/C11H17FN2O/c1-8(2)14-11(7-15-3)10-5-4-9(12)6-13-10/h4-6,8,11,14H,7H2,1-3H3. The molecule has 1 N–H and O–H groups in total. The maximum absolute atomic E-state index is 12.7. The quantitative estimate of drug-likeness (QED) is 0.809. The summed E-state index contributed by atoms with van der Waals surface area (Å²) in [5, 5.41) is 3.31. The second-order valence-electron chi connectivity index (χ2n) is 3.73. The van der Waals surface area contributed by atoms with Crippen molar-refractivity contribution in [3.05, 3.63) is 29.8 Å². The Hall–Kier alpha value is -1.00. The fourth-order valence-electron chi connectivity index (χ4n) is 1.38. The molecule has 0 amide bonds. The van der Waals surface area contributed by atoms with E-state index in [-0.39, 0.29) is 11.9 Å². The van der Waals surface area contributed by atoms with Crippen molar-refractivity contribution in [3.63, 3.8) is 0 Å². The van der Waals surface area contributed by atoms with Gasteiger partial charge in [-0.25, -0.2) is 4.39 Å². The molecule has 1 unspecified atom stereocenters. The first kappa shape index (κ1) is 12.1. The summed E-state index contributed by atoms with van der Waals surface area (Å²) in [4.78, 5) is 4.03. The first-order valence-electron chi connectivity index (χ1n) is 5.00. The van der Waals surface area contributed by atoms with Gasteiger partial charge in [-0.2, -0.15) is 0 Å². The summed E-state index contributed by atoms with van der Waals surface area (Å²) < 4.78 is 17.8. The molecule has 0 saturated heterocycles. The third kappa shape index (κ3) is 3.93. The number of halogens is 1. The predicted molar refractivity (Wildman–Crippen MR) is 57.1 cm³/mol. The van der Waals surface area contributed by atoms with Crippen LogP contribution in [0.5, 0.6) is 0 Å². The average molecular weight is 212 g/mol.